The fourth-order valence-corrected chi connectivity index (χ4v) is 2.23. The molecule has 0 aliphatic carbocycles. The van der Waals surface area contributed by atoms with Gasteiger partial charge in [-0.05, 0) is 19.9 Å². The molecule has 2 aliphatic heterocycles. The summed E-state index contributed by atoms with van der Waals surface area (Å²) in [5.41, 5.74) is 0.852. The molecule has 0 bridgehead atoms. The summed E-state index contributed by atoms with van der Waals surface area (Å²) < 4.78 is 16.9. The van der Waals surface area contributed by atoms with Gasteiger partial charge in [0.15, 0.2) is 11.5 Å². The minimum atomic E-state index is -0.258. The Morgan fingerprint density at radius 1 is 1.33 bits per heavy atom. The van der Waals surface area contributed by atoms with Crippen molar-refractivity contribution in [1.82, 2.24) is 0 Å². The van der Waals surface area contributed by atoms with Crippen molar-refractivity contribution < 1.29 is 14.2 Å². The van der Waals surface area contributed by atoms with E-state index in [4.69, 9.17) is 14.2 Å². The van der Waals surface area contributed by atoms with Gasteiger partial charge in [0.25, 0.3) is 0 Å². The molecule has 3 nitrogen and oxygen atoms in total. The fraction of sp³-hybridized carbons (Fsp3) is 0.500. The average molecular weight is 206 g/mol. The van der Waals surface area contributed by atoms with Gasteiger partial charge < -0.3 is 14.2 Å². The van der Waals surface area contributed by atoms with E-state index in [2.05, 4.69) is 0 Å². The van der Waals surface area contributed by atoms with E-state index >= 15 is 0 Å². The Kier molecular flexibility index (Phi) is 1.61. The number of benzene rings is 1. The zero-order chi connectivity index (χ0) is 10.6. The second kappa shape index (κ2) is 2.67. The SMILES string of the molecule is COc1cccc2c1OC(C)(C)C1OC21. The molecule has 0 saturated carbocycles. The molecule has 3 heteroatoms. The first kappa shape index (κ1) is 9.04. The number of fused-ring (bicyclic) bond motifs is 3. The minimum absolute atomic E-state index is 0.192. The second-order valence-corrected chi connectivity index (χ2v) is 4.56. The molecule has 15 heavy (non-hydrogen) atoms. The van der Waals surface area contributed by atoms with Crippen LogP contribution >= 0.6 is 0 Å². The first-order valence-corrected chi connectivity index (χ1v) is 5.15. The molecule has 2 unspecified atom stereocenters. The number of methoxy groups -OCH3 is 1. The predicted molar refractivity (Wildman–Crippen MR) is 55.3 cm³/mol. The van der Waals surface area contributed by atoms with Gasteiger partial charge in [-0.3, -0.25) is 0 Å². The molecule has 0 aromatic heterocycles. The maximum atomic E-state index is 5.95. The lowest BCUT2D eigenvalue weighted by molar-refractivity contribution is 0.0692. The van der Waals surface area contributed by atoms with E-state index in [1.807, 2.05) is 32.0 Å². The van der Waals surface area contributed by atoms with Crippen LogP contribution in [0.3, 0.4) is 0 Å². The van der Waals surface area contributed by atoms with Gasteiger partial charge in [0.2, 0.25) is 0 Å². The highest BCUT2D eigenvalue weighted by molar-refractivity contribution is 5.51. The van der Waals surface area contributed by atoms with Crippen molar-refractivity contribution in [2.75, 3.05) is 7.11 Å². The quantitative estimate of drug-likeness (QED) is 0.661. The van der Waals surface area contributed by atoms with Gasteiger partial charge in [0.1, 0.15) is 17.8 Å². The van der Waals surface area contributed by atoms with E-state index in [1.54, 1.807) is 7.11 Å². The smallest absolute Gasteiger partial charge is 0.168 e. The second-order valence-electron chi connectivity index (χ2n) is 4.56. The predicted octanol–water partition coefficient (Wildman–Crippen LogP) is 2.31. The number of ether oxygens (including phenoxy) is 3. The summed E-state index contributed by atoms with van der Waals surface area (Å²) >= 11 is 0. The molecule has 2 heterocycles. The third-order valence-corrected chi connectivity index (χ3v) is 3.08. The van der Waals surface area contributed by atoms with Crippen molar-refractivity contribution >= 4 is 0 Å². The third kappa shape index (κ3) is 1.16. The molecule has 0 amide bonds. The van der Waals surface area contributed by atoms with Crippen molar-refractivity contribution in [2.24, 2.45) is 0 Å². The van der Waals surface area contributed by atoms with Gasteiger partial charge in [-0.15, -0.1) is 0 Å². The number of rotatable bonds is 1. The Balaban J connectivity index is 2.12. The molecule has 80 valence electrons. The molecule has 1 aromatic carbocycles. The lowest BCUT2D eigenvalue weighted by Gasteiger charge is -2.30. The van der Waals surface area contributed by atoms with Crippen LogP contribution in [0.4, 0.5) is 0 Å². The molecule has 0 radical (unpaired) electrons. The summed E-state index contributed by atoms with van der Waals surface area (Å²) in [6.45, 7) is 4.10. The van der Waals surface area contributed by atoms with Gasteiger partial charge in [-0.2, -0.15) is 0 Å². The zero-order valence-corrected chi connectivity index (χ0v) is 9.11. The van der Waals surface area contributed by atoms with Crippen LogP contribution in [-0.2, 0) is 4.74 Å². The molecule has 2 atom stereocenters. The number of hydrogen-bond donors (Lipinski definition) is 0. The van der Waals surface area contributed by atoms with Gasteiger partial charge in [0.05, 0.1) is 7.11 Å². The molecule has 0 N–H and O–H groups in total. The molecular formula is C12H14O3. The normalized spacial score (nSPS) is 29.8. The van der Waals surface area contributed by atoms with E-state index in [1.165, 1.54) is 0 Å². The van der Waals surface area contributed by atoms with Crippen LogP contribution in [0.1, 0.15) is 25.5 Å². The van der Waals surface area contributed by atoms with E-state index < -0.39 is 0 Å². The Bertz CT molecular complexity index is 411. The molecule has 1 fully saturated rings. The van der Waals surface area contributed by atoms with Crippen molar-refractivity contribution in [1.29, 1.82) is 0 Å². The Labute approximate surface area is 89.0 Å². The van der Waals surface area contributed by atoms with Gasteiger partial charge in [0, 0.05) is 5.56 Å². The highest BCUT2D eigenvalue weighted by Crippen LogP contribution is 2.55. The Hall–Kier alpha value is -1.22. The van der Waals surface area contributed by atoms with E-state index in [0.29, 0.717) is 0 Å². The molecule has 3 rings (SSSR count). The summed E-state index contributed by atoms with van der Waals surface area (Å²) in [5, 5.41) is 0. The summed E-state index contributed by atoms with van der Waals surface area (Å²) in [5.74, 6) is 1.62. The maximum Gasteiger partial charge on any atom is 0.168 e. The highest BCUT2D eigenvalue weighted by Gasteiger charge is 2.57. The third-order valence-electron chi connectivity index (χ3n) is 3.08. The number of hydrogen-bond acceptors (Lipinski definition) is 3. The monoisotopic (exact) mass is 206 g/mol. The Morgan fingerprint density at radius 2 is 2.13 bits per heavy atom. The van der Waals surface area contributed by atoms with Crippen molar-refractivity contribution in [2.45, 2.75) is 31.7 Å². The lowest BCUT2D eigenvalue weighted by atomic mass is 9.94. The summed E-state index contributed by atoms with van der Waals surface area (Å²) in [6, 6.07) is 5.92. The topological polar surface area (TPSA) is 31.0 Å². The largest absolute Gasteiger partial charge is 0.493 e. The summed E-state index contributed by atoms with van der Waals surface area (Å²) in [6.07, 6.45) is 0.385. The van der Waals surface area contributed by atoms with E-state index in [9.17, 15) is 0 Å². The van der Waals surface area contributed by atoms with Crippen LogP contribution in [0.15, 0.2) is 18.2 Å². The van der Waals surface area contributed by atoms with Crippen molar-refractivity contribution in [3.8, 4) is 11.5 Å². The molecular weight excluding hydrogens is 192 g/mol. The highest BCUT2D eigenvalue weighted by atomic mass is 16.6. The minimum Gasteiger partial charge on any atom is -0.493 e. The van der Waals surface area contributed by atoms with E-state index in [0.717, 1.165) is 17.1 Å². The number of epoxide rings is 1. The standard InChI is InChI=1S/C12H14O3/c1-12(2)11-10(14-11)7-5-4-6-8(13-3)9(7)15-12/h4-6,10-11H,1-3H3. The molecule has 0 spiro atoms. The Morgan fingerprint density at radius 3 is 2.87 bits per heavy atom. The fourth-order valence-electron chi connectivity index (χ4n) is 2.23. The molecule has 1 saturated heterocycles. The average Bonchev–Trinajstić information content (AvgIpc) is 2.97. The lowest BCUT2D eigenvalue weighted by Crippen LogP contribution is -2.37. The first-order valence-electron chi connectivity index (χ1n) is 5.15. The van der Waals surface area contributed by atoms with Crippen molar-refractivity contribution in [3.05, 3.63) is 23.8 Å². The van der Waals surface area contributed by atoms with Crippen LogP contribution in [0, 0.1) is 0 Å². The van der Waals surface area contributed by atoms with Crippen LogP contribution in [0.5, 0.6) is 11.5 Å². The molecule has 2 aliphatic rings. The van der Waals surface area contributed by atoms with Gasteiger partial charge in [-0.25, -0.2) is 0 Å². The molecule has 1 aromatic rings. The van der Waals surface area contributed by atoms with Gasteiger partial charge >= 0.3 is 0 Å². The van der Waals surface area contributed by atoms with Crippen LogP contribution in [0.2, 0.25) is 0 Å². The first-order chi connectivity index (χ1) is 7.13. The zero-order valence-electron chi connectivity index (χ0n) is 9.11. The maximum absolute atomic E-state index is 5.95. The number of para-hydroxylation sites is 1. The van der Waals surface area contributed by atoms with Gasteiger partial charge in [-0.1, -0.05) is 12.1 Å². The summed E-state index contributed by atoms with van der Waals surface area (Å²) in [4.78, 5) is 0. The van der Waals surface area contributed by atoms with Crippen LogP contribution < -0.4 is 9.47 Å². The summed E-state index contributed by atoms with van der Waals surface area (Å²) in [7, 11) is 1.66. The van der Waals surface area contributed by atoms with E-state index in [-0.39, 0.29) is 17.8 Å². The van der Waals surface area contributed by atoms with Crippen LogP contribution in [-0.4, -0.2) is 18.8 Å². The van der Waals surface area contributed by atoms with Crippen LogP contribution in [0.25, 0.3) is 0 Å². The van der Waals surface area contributed by atoms with Crippen molar-refractivity contribution in [3.63, 3.8) is 0 Å².